The van der Waals surface area contributed by atoms with Crippen molar-refractivity contribution in [1.82, 2.24) is 15.1 Å². The zero-order chi connectivity index (χ0) is 14.4. The number of nitrogens with zero attached hydrogens (tertiary/aromatic N) is 2. The van der Waals surface area contributed by atoms with Gasteiger partial charge in [0.1, 0.15) is 5.03 Å². The van der Waals surface area contributed by atoms with Crippen LogP contribution in [0, 0.1) is 6.92 Å². The first-order chi connectivity index (χ1) is 9.77. The molecular formula is C16H23N3S. The number of aromatic nitrogens is 2. The van der Waals surface area contributed by atoms with Crippen LogP contribution in [0.3, 0.4) is 0 Å². The van der Waals surface area contributed by atoms with Crippen LogP contribution in [0.15, 0.2) is 35.4 Å². The Balaban J connectivity index is 2.37. The summed E-state index contributed by atoms with van der Waals surface area (Å²) in [6.45, 7) is 5.19. The fourth-order valence-corrected chi connectivity index (χ4v) is 3.41. The van der Waals surface area contributed by atoms with E-state index in [-0.39, 0.29) is 0 Å². The maximum atomic E-state index is 4.73. The molecule has 0 atom stereocenters. The van der Waals surface area contributed by atoms with Gasteiger partial charge in [-0.25, -0.2) is 4.68 Å². The summed E-state index contributed by atoms with van der Waals surface area (Å²) in [6, 6.07) is 10.4. The fourth-order valence-electron chi connectivity index (χ4n) is 2.12. The Labute approximate surface area is 125 Å². The molecule has 0 fully saturated rings. The van der Waals surface area contributed by atoms with E-state index in [1.54, 1.807) is 0 Å². The zero-order valence-electron chi connectivity index (χ0n) is 12.5. The van der Waals surface area contributed by atoms with Crippen molar-refractivity contribution in [2.24, 2.45) is 0 Å². The number of hydrogen-bond acceptors (Lipinski definition) is 3. The first kappa shape index (κ1) is 15.1. The van der Waals surface area contributed by atoms with E-state index in [1.165, 1.54) is 23.4 Å². The van der Waals surface area contributed by atoms with Gasteiger partial charge in [-0.2, -0.15) is 5.10 Å². The van der Waals surface area contributed by atoms with E-state index in [0.717, 1.165) is 23.7 Å². The van der Waals surface area contributed by atoms with Crippen LogP contribution in [0.4, 0.5) is 0 Å². The third-order valence-corrected chi connectivity index (χ3v) is 4.41. The van der Waals surface area contributed by atoms with E-state index in [4.69, 9.17) is 5.10 Å². The van der Waals surface area contributed by atoms with Gasteiger partial charge in [0, 0.05) is 12.1 Å². The Hall–Kier alpha value is -1.26. The van der Waals surface area contributed by atoms with E-state index < -0.39 is 0 Å². The van der Waals surface area contributed by atoms with Gasteiger partial charge < -0.3 is 5.32 Å². The van der Waals surface area contributed by atoms with Crippen molar-refractivity contribution < 1.29 is 0 Å². The number of aryl methyl sites for hydroxylation is 1. The SMILES string of the molecule is CCCCSc1c(CNC)c(C)nn1-c1ccccc1. The molecule has 2 rings (SSSR count). The third-order valence-electron chi connectivity index (χ3n) is 3.23. The van der Waals surface area contributed by atoms with Crippen LogP contribution in [-0.2, 0) is 6.54 Å². The van der Waals surface area contributed by atoms with Crippen molar-refractivity contribution in [3.8, 4) is 5.69 Å². The van der Waals surface area contributed by atoms with Gasteiger partial charge in [-0.3, -0.25) is 0 Å². The van der Waals surface area contributed by atoms with E-state index in [9.17, 15) is 0 Å². The summed E-state index contributed by atoms with van der Waals surface area (Å²) in [4.78, 5) is 0. The smallest absolute Gasteiger partial charge is 0.105 e. The third kappa shape index (κ3) is 3.44. The summed E-state index contributed by atoms with van der Waals surface area (Å²) in [7, 11) is 1.99. The van der Waals surface area contributed by atoms with E-state index >= 15 is 0 Å². The summed E-state index contributed by atoms with van der Waals surface area (Å²) < 4.78 is 2.09. The molecule has 0 saturated heterocycles. The van der Waals surface area contributed by atoms with Crippen molar-refractivity contribution in [2.75, 3.05) is 12.8 Å². The van der Waals surface area contributed by atoms with Gasteiger partial charge in [0.2, 0.25) is 0 Å². The molecule has 0 saturated carbocycles. The molecule has 0 aliphatic rings. The molecule has 0 amide bonds. The molecule has 1 heterocycles. The summed E-state index contributed by atoms with van der Waals surface area (Å²) in [5.41, 5.74) is 3.57. The van der Waals surface area contributed by atoms with Crippen molar-refractivity contribution in [3.63, 3.8) is 0 Å². The standard InChI is InChI=1S/C16H23N3S/c1-4-5-11-20-16-15(12-17-3)13(2)18-19(16)14-9-7-6-8-10-14/h6-10,17H,4-5,11-12H2,1-3H3. The largest absolute Gasteiger partial charge is 0.316 e. The Morgan fingerprint density at radius 1 is 1.25 bits per heavy atom. The summed E-state index contributed by atoms with van der Waals surface area (Å²) >= 11 is 1.91. The number of para-hydroxylation sites is 1. The minimum Gasteiger partial charge on any atom is -0.316 e. The van der Waals surface area contributed by atoms with Crippen LogP contribution >= 0.6 is 11.8 Å². The van der Waals surface area contributed by atoms with Crippen LogP contribution < -0.4 is 5.32 Å². The van der Waals surface area contributed by atoms with Crippen LogP contribution in [0.2, 0.25) is 0 Å². The number of rotatable bonds is 7. The molecule has 4 heteroatoms. The van der Waals surface area contributed by atoms with Gasteiger partial charge in [-0.1, -0.05) is 31.5 Å². The van der Waals surface area contributed by atoms with E-state index in [1.807, 2.05) is 24.9 Å². The highest BCUT2D eigenvalue weighted by Crippen LogP contribution is 2.29. The Morgan fingerprint density at radius 2 is 2.00 bits per heavy atom. The van der Waals surface area contributed by atoms with Gasteiger partial charge in [0.15, 0.2) is 0 Å². The van der Waals surface area contributed by atoms with Gasteiger partial charge in [0.05, 0.1) is 11.4 Å². The molecule has 1 N–H and O–H groups in total. The Kier molecular flexibility index (Phi) is 5.68. The number of unbranched alkanes of at least 4 members (excludes halogenated alkanes) is 1. The molecule has 1 aromatic carbocycles. The van der Waals surface area contributed by atoms with Crippen molar-refractivity contribution in [1.29, 1.82) is 0 Å². The normalized spacial score (nSPS) is 10.9. The maximum absolute atomic E-state index is 4.73. The molecule has 0 spiro atoms. The maximum Gasteiger partial charge on any atom is 0.105 e. The molecule has 0 aliphatic carbocycles. The predicted octanol–water partition coefficient (Wildman–Crippen LogP) is 3.79. The van der Waals surface area contributed by atoms with E-state index in [2.05, 4.69) is 48.1 Å². The van der Waals surface area contributed by atoms with Crippen LogP contribution in [-0.4, -0.2) is 22.6 Å². The predicted molar refractivity (Wildman–Crippen MR) is 86.7 cm³/mol. The average molecular weight is 289 g/mol. The summed E-state index contributed by atoms with van der Waals surface area (Å²) in [5, 5.41) is 9.26. The Morgan fingerprint density at radius 3 is 2.65 bits per heavy atom. The molecule has 0 aliphatic heterocycles. The molecule has 0 radical (unpaired) electrons. The first-order valence-electron chi connectivity index (χ1n) is 7.19. The molecule has 0 unspecified atom stereocenters. The van der Waals surface area contributed by atoms with Crippen LogP contribution in [0.1, 0.15) is 31.0 Å². The van der Waals surface area contributed by atoms with Gasteiger partial charge in [-0.05, 0) is 38.3 Å². The number of benzene rings is 1. The second kappa shape index (κ2) is 7.50. The lowest BCUT2D eigenvalue weighted by Gasteiger charge is -2.09. The fraction of sp³-hybridized carbons (Fsp3) is 0.438. The lowest BCUT2D eigenvalue weighted by Crippen LogP contribution is -2.07. The topological polar surface area (TPSA) is 29.9 Å². The molecule has 3 nitrogen and oxygen atoms in total. The zero-order valence-corrected chi connectivity index (χ0v) is 13.3. The van der Waals surface area contributed by atoms with Gasteiger partial charge in [-0.15, -0.1) is 11.8 Å². The minimum atomic E-state index is 0.868. The molecule has 0 bridgehead atoms. The van der Waals surface area contributed by atoms with Crippen LogP contribution in [0.25, 0.3) is 5.69 Å². The van der Waals surface area contributed by atoms with Gasteiger partial charge >= 0.3 is 0 Å². The first-order valence-corrected chi connectivity index (χ1v) is 8.17. The molecule has 2 aromatic rings. The second-order valence-electron chi connectivity index (χ2n) is 4.85. The average Bonchev–Trinajstić information content (AvgIpc) is 2.78. The molecular weight excluding hydrogens is 266 g/mol. The molecule has 20 heavy (non-hydrogen) atoms. The van der Waals surface area contributed by atoms with E-state index in [0.29, 0.717) is 0 Å². The minimum absolute atomic E-state index is 0.868. The second-order valence-corrected chi connectivity index (χ2v) is 5.93. The molecule has 1 aromatic heterocycles. The summed E-state index contributed by atoms with van der Waals surface area (Å²) in [5.74, 6) is 1.14. The Bertz CT molecular complexity index is 534. The number of nitrogens with one attached hydrogen (secondary N) is 1. The number of hydrogen-bond donors (Lipinski definition) is 1. The van der Waals surface area contributed by atoms with Crippen LogP contribution in [0.5, 0.6) is 0 Å². The quantitative estimate of drug-likeness (QED) is 0.621. The monoisotopic (exact) mass is 289 g/mol. The highest BCUT2D eigenvalue weighted by molar-refractivity contribution is 7.99. The van der Waals surface area contributed by atoms with Crippen molar-refractivity contribution in [2.45, 2.75) is 38.3 Å². The lowest BCUT2D eigenvalue weighted by atomic mass is 10.2. The van der Waals surface area contributed by atoms with Crippen molar-refractivity contribution >= 4 is 11.8 Å². The van der Waals surface area contributed by atoms with Crippen molar-refractivity contribution in [3.05, 3.63) is 41.6 Å². The lowest BCUT2D eigenvalue weighted by molar-refractivity contribution is 0.764. The number of thioether (sulfide) groups is 1. The highest BCUT2D eigenvalue weighted by Gasteiger charge is 2.15. The highest BCUT2D eigenvalue weighted by atomic mass is 32.2. The molecule has 108 valence electrons. The summed E-state index contributed by atoms with van der Waals surface area (Å²) in [6.07, 6.45) is 2.47. The van der Waals surface area contributed by atoms with Gasteiger partial charge in [0.25, 0.3) is 0 Å².